The minimum atomic E-state index is 0.120. The normalized spacial score (nSPS) is 19.0. The van der Waals surface area contributed by atoms with Gasteiger partial charge in [0.25, 0.3) is 0 Å². The smallest absolute Gasteiger partial charge is 0.0943 e. The van der Waals surface area contributed by atoms with Crippen molar-refractivity contribution in [2.75, 3.05) is 0 Å². The number of hydrogen-bond donors (Lipinski definition) is 0. The van der Waals surface area contributed by atoms with E-state index in [0.29, 0.717) is 6.42 Å². The van der Waals surface area contributed by atoms with Gasteiger partial charge in [0, 0.05) is 41.8 Å². The molecule has 0 saturated heterocycles. The standard InChI is InChI=1S/C27H28N4/c1-3-20(18-29)13-14-26-27-24(23-11-7-8-12-25(23)30(27)2)17-22(15-16-28)31(26)19-21-9-5-4-6-10-21/h4-13,22,26H,3,14-15,17,19H2,1-2H3/b20-13+/t22-,26+/m1/s1. The highest BCUT2D eigenvalue weighted by Crippen LogP contribution is 2.42. The van der Waals surface area contributed by atoms with E-state index in [-0.39, 0.29) is 12.1 Å². The first-order valence-electron chi connectivity index (χ1n) is 11.0. The number of nitriles is 2. The molecule has 156 valence electrons. The quantitative estimate of drug-likeness (QED) is 0.484. The van der Waals surface area contributed by atoms with Gasteiger partial charge in [-0.05, 0) is 36.5 Å². The molecule has 0 bridgehead atoms. The number of aryl methyl sites for hydroxylation is 1. The van der Waals surface area contributed by atoms with Gasteiger partial charge in [0.2, 0.25) is 0 Å². The molecule has 2 atom stereocenters. The number of hydrogen-bond acceptors (Lipinski definition) is 3. The van der Waals surface area contributed by atoms with Crippen molar-refractivity contribution in [3.63, 3.8) is 0 Å². The number of benzene rings is 2. The van der Waals surface area contributed by atoms with Gasteiger partial charge in [-0.15, -0.1) is 0 Å². The zero-order valence-electron chi connectivity index (χ0n) is 18.3. The van der Waals surface area contributed by atoms with E-state index in [1.165, 1.54) is 27.7 Å². The summed E-state index contributed by atoms with van der Waals surface area (Å²) in [6.07, 6.45) is 4.97. The third-order valence-corrected chi connectivity index (χ3v) is 6.53. The fraction of sp³-hybridized carbons (Fsp3) is 0.333. The summed E-state index contributed by atoms with van der Waals surface area (Å²) in [4.78, 5) is 2.49. The maximum Gasteiger partial charge on any atom is 0.0943 e. The van der Waals surface area contributed by atoms with E-state index in [4.69, 9.17) is 0 Å². The van der Waals surface area contributed by atoms with Gasteiger partial charge in [0.05, 0.1) is 24.6 Å². The maximum absolute atomic E-state index is 9.61. The summed E-state index contributed by atoms with van der Waals surface area (Å²) in [6.45, 7) is 2.82. The van der Waals surface area contributed by atoms with E-state index < -0.39 is 0 Å². The molecule has 2 aromatic carbocycles. The van der Waals surface area contributed by atoms with Crippen LogP contribution in [0.3, 0.4) is 0 Å². The minimum Gasteiger partial charge on any atom is -0.346 e. The van der Waals surface area contributed by atoms with Crippen molar-refractivity contribution < 1.29 is 0 Å². The molecule has 31 heavy (non-hydrogen) atoms. The summed E-state index contributed by atoms with van der Waals surface area (Å²) < 4.78 is 2.32. The summed E-state index contributed by atoms with van der Waals surface area (Å²) >= 11 is 0. The highest BCUT2D eigenvalue weighted by atomic mass is 15.2. The second-order valence-corrected chi connectivity index (χ2v) is 8.26. The predicted molar refractivity (Wildman–Crippen MR) is 124 cm³/mol. The SMILES string of the molecule is CC/C(C#N)=C\C[C@H]1c2c(c3ccccc3n2C)C[C@@H](CC#N)N1Cc1ccccc1. The lowest BCUT2D eigenvalue weighted by Crippen LogP contribution is -2.43. The number of para-hydroxylation sites is 1. The lowest BCUT2D eigenvalue weighted by atomic mass is 9.88. The van der Waals surface area contributed by atoms with Crippen LogP contribution in [0.2, 0.25) is 0 Å². The van der Waals surface area contributed by atoms with Gasteiger partial charge in [0.15, 0.2) is 0 Å². The Balaban J connectivity index is 1.86. The van der Waals surface area contributed by atoms with Crippen LogP contribution in [0.25, 0.3) is 10.9 Å². The van der Waals surface area contributed by atoms with Crippen molar-refractivity contribution in [1.82, 2.24) is 9.47 Å². The number of aromatic nitrogens is 1. The zero-order valence-corrected chi connectivity index (χ0v) is 18.3. The molecule has 0 fully saturated rings. The van der Waals surface area contributed by atoms with Crippen LogP contribution in [0.4, 0.5) is 0 Å². The van der Waals surface area contributed by atoms with Gasteiger partial charge >= 0.3 is 0 Å². The Morgan fingerprint density at radius 1 is 1.10 bits per heavy atom. The van der Waals surface area contributed by atoms with Crippen LogP contribution < -0.4 is 0 Å². The third-order valence-electron chi connectivity index (χ3n) is 6.53. The molecule has 4 nitrogen and oxygen atoms in total. The molecule has 1 aliphatic heterocycles. The second kappa shape index (κ2) is 9.21. The van der Waals surface area contributed by atoms with E-state index in [1.54, 1.807) is 0 Å². The molecular weight excluding hydrogens is 380 g/mol. The van der Waals surface area contributed by atoms with Gasteiger partial charge in [-0.1, -0.05) is 61.5 Å². The largest absolute Gasteiger partial charge is 0.346 e. The van der Waals surface area contributed by atoms with E-state index >= 15 is 0 Å². The predicted octanol–water partition coefficient (Wildman–Crippen LogP) is 5.81. The fourth-order valence-electron chi connectivity index (χ4n) is 4.99. The average molecular weight is 409 g/mol. The first-order chi connectivity index (χ1) is 15.2. The number of fused-ring (bicyclic) bond motifs is 3. The molecule has 0 aliphatic carbocycles. The summed E-state index contributed by atoms with van der Waals surface area (Å²) in [5.41, 5.74) is 5.97. The van der Waals surface area contributed by atoms with Crippen LogP contribution in [-0.4, -0.2) is 15.5 Å². The van der Waals surface area contributed by atoms with Crippen molar-refractivity contribution in [3.8, 4) is 12.1 Å². The van der Waals surface area contributed by atoms with Gasteiger partial charge in [-0.2, -0.15) is 10.5 Å². The summed E-state index contributed by atoms with van der Waals surface area (Å²) in [7, 11) is 2.15. The van der Waals surface area contributed by atoms with E-state index in [2.05, 4.69) is 83.3 Å². The van der Waals surface area contributed by atoms with Crippen LogP contribution in [0.15, 0.2) is 66.2 Å². The number of allylic oxidation sites excluding steroid dienone is 1. The van der Waals surface area contributed by atoms with Crippen molar-refractivity contribution in [1.29, 1.82) is 10.5 Å². The Bertz CT molecular complexity index is 1170. The van der Waals surface area contributed by atoms with Crippen LogP contribution >= 0.6 is 0 Å². The van der Waals surface area contributed by atoms with Crippen molar-refractivity contribution in [3.05, 3.63) is 83.1 Å². The van der Waals surface area contributed by atoms with Crippen LogP contribution in [0.5, 0.6) is 0 Å². The van der Waals surface area contributed by atoms with Gasteiger partial charge in [-0.3, -0.25) is 4.90 Å². The molecule has 1 aliphatic rings. The average Bonchev–Trinajstić information content (AvgIpc) is 3.09. The van der Waals surface area contributed by atoms with Gasteiger partial charge < -0.3 is 4.57 Å². The first kappa shape index (κ1) is 20.9. The van der Waals surface area contributed by atoms with Gasteiger partial charge in [-0.25, -0.2) is 0 Å². The van der Waals surface area contributed by atoms with Crippen LogP contribution in [0.1, 0.15) is 49.0 Å². The Hall–Kier alpha value is -3.34. The Kier molecular flexibility index (Phi) is 6.21. The molecule has 2 heterocycles. The van der Waals surface area contributed by atoms with E-state index in [0.717, 1.165) is 31.4 Å². The molecule has 0 N–H and O–H groups in total. The molecule has 4 heteroatoms. The molecule has 0 unspecified atom stereocenters. The maximum atomic E-state index is 9.61. The topological polar surface area (TPSA) is 55.8 Å². The Morgan fingerprint density at radius 3 is 2.55 bits per heavy atom. The molecule has 0 radical (unpaired) electrons. The fourth-order valence-corrected chi connectivity index (χ4v) is 4.99. The Morgan fingerprint density at radius 2 is 1.84 bits per heavy atom. The molecule has 0 amide bonds. The molecule has 0 saturated carbocycles. The molecule has 0 spiro atoms. The molecule has 3 aromatic rings. The lowest BCUT2D eigenvalue weighted by molar-refractivity contribution is 0.106. The summed E-state index contributed by atoms with van der Waals surface area (Å²) in [5.74, 6) is 0. The van der Waals surface area contributed by atoms with Crippen LogP contribution in [0, 0.1) is 22.7 Å². The van der Waals surface area contributed by atoms with E-state index in [1.807, 2.05) is 13.0 Å². The zero-order chi connectivity index (χ0) is 21.8. The molecule has 4 rings (SSSR count). The number of nitrogens with zero attached hydrogens (tertiary/aromatic N) is 4. The summed E-state index contributed by atoms with van der Waals surface area (Å²) in [6, 6.07) is 24.1. The van der Waals surface area contributed by atoms with Crippen molar-refractivity contribution in [2.24, 2.45) is 7.05 Å². The molecular formula is C27H28N4. The van der Waals surface area contributed by atoms with Crippen molar-refractivity contribution >= 4 is 10.9 Å². The molecule has 1 aromatic heterocycles. The monoisotopic (exact) mass is 408 g/mol. The first-order valence-corrected chi connectivity index (χ1v) is 11.0. The van der Waals surface area contributed by atoms with E-state index in [9.17, 15) is 10.5 Å². The lowest BCUT2D eigenvalue weighted by Gasteiger charge is -2.42. The second-order valence-electron chi connectivity index (χ2n) is 8.26. The van der Waals surface area contributed by atoms with Crippen molar-refractivity contribution in [2.45, 2.75) is 51.2 Å². The highest BCUT2D eigenvalue weighted by Gasteiger charge is 2.37. The van der Waals surface area contributed by atoms with Crippen LogP contribution in [-0.2, 0) is 20.0 Å². The summed E-state index contributed by atoms with van der Waals surface area (Å²) in [5, 5.41) is 20.4. The minimum absolute atomic E-state index is 0.120. The highest BCUT2D eigenvalue weighted by molar-refractivity contribution is 5.86. The third kappa shape index (κ3) is 4.00. The number of rotatable bonds is 6. The van der Waals surface area contributed by atoms with Gasteiger partial charge in [0.1, 0.15) is 0 Å². The Labute approximate surface area is 184 Å².